The fraction of sp³-hybridized carbons (Fsp3) is 0.500. The topological polar surface area (TPSA) is 24.9 Å². The van der Waals surface area contributed by atoms with E-state index in [9.17, 15) is 0 Å². The minimum atomic E-state index is 0.930. The zero-order valence-corrected chi connectivity index (χ0v) is 8.13. The van der Waals surface area contributed by atoms with Crippen molar-refractivity contribution in [2.75, 3.05) is 6.54 Å². The predicted molar refractivity (Wildman–Crippen MR) is 47.2 cm³/mol. The first kappa shape index (κ1) is 8.17. The smallest absolute Gasteiger partial charge is 0.159 e. The average molecular weight is 221 g/mol. The molecule has 0 fully saturated rings. The number of hydrogen-bond donors (Lipinski definition) is 1. The maximum atomic E-state index is 4.06. The van der Waals surface area contributed by atoms with E-state index in [1.807, 2.05) is 6.20 Å². The van der Waals surface area contributed by atoms with E-state index in [1.165, 1.54) is 4.88 Å². The van der Waals surface area contributed by atoms with Gasteiger partial charge in [-0.05, 0) is 22.5 Å². The van der Waals surface area contributed by atoms with Crippen LogP contribution in [-0.2, 0) is 6.54 Å². The van der Waals surface area contributed by atoms with Crippen LogP contribution in [0.2, 0.25) is 0 Å². The van der Waals surface area contributed by atoms with Crippen LogP contribution in [0.1, 0.15) is 11.8 Å². The van der Waals surface area contributed by atoms with E-state index in [2.05, 4.69) is 33.2 Å². The van der Waals surface area contributed by atoms with Gasteiger partial charge in [0.2, 0.25) is 0 Å². The van der Waals surface area contributed by atoms with E-state index in [1.54, 1.807) is 11.3 Å². The Morgan fingerprint density at radius 3 is 3.10 bits per heavy atom. The molecule has 1 N–H and O–H groups in total. The maximum Gasteiger partial charge on any atom is 0.159 e. The van der Waals surface area contributed by atoms with Crippen LogP contribution in [0.15, 0.2) is 10.1 Å². The number of halogens is 1. The summed E-state index contributed by atoms with van der Waals surface area (Å²) in [5.74, 6) is 0. The van der Waals surface area contributed by atoms with Crippen molar-refractivity contribution in [1.82, 2.24) is 10.3 Å². The fourth-order valence-electron chi connectivity index (χ4n) is 0.614. The van der Waals surface area contributed by atoms with Crippen LogP contribution in [0.4, 0.5) is 0 Å². The summed E-state index contributed by atoms with van der Waals surface area (Å²) in [7, 11) is 0. The second-order valence-corrected chi connectivity index (χ2v) is 4.25. The molecule has 10 heavy (non-hydrogen) atoms. The quantitative estimate of drug-likeness (QED) is 0.844. The van der Waals surface area contributed by atoms with Crippen molar-refractivity contribution in [1.29, 1.82) is 0 Å². The first-order chi connectivity index (χ1) is 4.83. The van der Waals surface area contributed by atoms with Crippen LogP contribution >= 0.6 is 27.3 Å². The second-order valence-electron chi connectivity index (χ2n) is 1.86. The van der Waals surface area contributed by atoms with Gasteiger partial charge in [-0.25, -0.2) is 4.98 Å². The number of hydrogen-bond acceptors (Lipinski definition) is 3. The van der Waals surface area contributed by atoms with Crippen LogP contribution in [-0.4, -0.2) is 11.5 Å². The highest BCUT2D eigenvalue weighted by Gasteiger charge is 1.95. The molecule has 0 aliphatic carbocycles. The molecule has 1 aromatic rings. The van der Waals surface area contributed by atoms with Gasteiger partial charge in [-0.1, -0.05) is 6.92 Å². The molecule has 0 aliphatic heterocycles. The normalized spacial score (nSPS) is 10.2. The molecule has 2 nitrogen and oxygen atoms in total. The Kier molecular flexibility index (Phi) is 3.31. The van der Waals surface area contributed by atoms with E-state index in [4.69, 9.17) is 0 Å². The molecule has 0 bridgehead atoms. The largest absolute Gasteiger partial charge is 0.312 e. The van der Waals surface area contributed by atoms with E-state index in [-0.39, 0.29) is 0 Å². The number of aromatic nitrogens is 1. The van der Waals surface area contributed by atoms with Crippen molar-refractivity contribution in [2.24, 2.45) is 0 Å². The molecule has 1 rings (SSSR count). The van der Waals surface area contributed by atoms with Crippen LogP contribution in [0.25, 0.3) is 0 Å². The lowest BCUT2D eigenvalue weighted by atomic mass is 10.5. The summed E-state index contributed by atoms with van der Waals surface area (Å²) in [6, 6.07) is 0. The molecule has 0 unspecified atom stereocenters. The van der Waals surface area contributed by atoms with Gasteiger partial charge in [-0.3, -0.25) is 0 Å². The SMILES string of the molecule is CCNCc1cnc(Br)s1. The molecule has 1 aromatic heterocycles. The first-order valence-corrected chi connectivity index (χ1v) is 4.74. The van der Waals surface area contributed by atoms with E-state index >= 15 is 0 Å². The molecule has 0 spiro atoms. The molecule has 0 aromatic carbocycles. The highest BCUT2D eigenvalue weighted by Crippen LogP contribution is 2.17. The second kappa shape index (κ2) is 4.05. The van der Waals surface area contributed by atoms with Gasteiger partial charge in [0.05, 0.1) is 0 Å². The summed E-state index contributed by atoms with van der Waals surface area (Å²) < 4.78 is 0.959. The van der Waals surface area contributed by atoms with Crippen LogP contribution < -0.4 is 5.32 Å². The lowest BCUT2D eigenvalue weighted by Crippen LogP contribution is -2.10. The Labute approximate surface area is 72.8 Å². The van der Waals surface area contributed by atoms with E-state index in [0.29, 0.717) is 0 Å². The molecular weight excluding hydrogens is 212 g/mol. The van der Waals surface area contributed by atoms with Crippen molar-refractivity contribution in [3.63, 3.8) is 0 Å². The van der Waals surface area contributed by atoms with E-state index < -0.39 is 0 Å². The molecule has 0 amide bonds. The van der Waals surface area contributed by atoms with Crippen LogP contribution in [0.5, 0.6) is 0 Å². The summed E-state index contributed by atoms with van der Waals surface area (Å²) in [5.41, 5.74) is 0. The average Bonchev–Trinajstić information content (AvgIpc) is 2.31. The number of thiazole rings is 1. The minimum absolute atomic E-state index is 0.930. The van der Waals surface area contributed by atoms with Crippen molar-refractivity contribution in [3.05, 3.63) is 15.0 Å². The third kappa shape index (κ3) is 2.36. The van der Waals surface area contributed by atoms with Crippen LogP contribution in [0.3, 0.4) is 0 Å². The van der Waals surface area contributed by atoms with Gasteiger partial charge in [0.15, 0.2) is 3.92 Å². The minimum Gasteiger partial charge on any atom is -0.312 e. The lowest BCUT2D eigenvalue weighted by molar-refractivity contribution is 0.734. The highest BCUT2D eigenvalue weighted by molar-refractivity contribution is 9.11. The Morgan fingerprint density at radius 1 is 1.80 bits per heavy atom. The lowest BCUT2D eigenvalue weighted by Gasteiger charge is -1.94. The van der Waals surface area contributed by atoms with E-state index in [0.717, 1.165) is 17.0 Å². The predicted octanol–water partition coefficient (Wildman–Crippen LogP) is 2.02. The number of rotatable bonds is 3. The zero-order valence-electron chi connectivity index (χ0n) is 5.72. The zero-order chi connectivity index (χ0) is 7.40. The molecular formula is C6H9BrN2S. The van der Waals surface area contributed by atoms with Crippen molar-refractivity contribution in [2.45, 2.75) is 13.5 Å². The van der Waals surface area contributed by atoms with Gasteiger partial charge in [0, 0.05) is 17.6 Å². The first-order valence-electron chi connectivity index (χ1n) is 3.14. The summed E-state index contributed by atoms with van der Waals surface area (Å²) in [6.07, 6.45) is 1.89. The maximum absolute atomic E-state index is 4.06. The third-order valence-electron chi connectivity index (χ3n) is 1.07. The molecule has 0 atom stereocenters. The van der Waals surface area contributed by atoms with Gasteiger partial charge < -0.3 is 5.32 Å². The van der Waals surface area contributed by atoms with Gasteiger partial charge in [0.1, 0.15) is 0 Å². The van der Waals surface area contributed by atoms with Gasteiger partial charge >= 0.3 is 0 Å². The molecule has 4 heteroatoms. The van der Waals surface area contributed by atoms with Crippen molar-refractivity contribution in [3.8, 4) is 0 Å². The van der Waals surface area contributed by atoms with Crippen molar-refractivity contribution < 1.29 is 0 Å². The molecule has 0 saturated carbocycles. The molecule has 1 heterocycles. The van der Waals surface area contributed by atoms with Gasteiger partial charge in [-0.2, -0.15) is 0 Å². The number of nitrogens with zero attached hydrogens (tertiary/aromatic N) is 1. The van der Waals surface area contributed by atoms with Crippen LogP contribution in [0, 0.1) is 0 Å². The molecule has 0 radical (unpaired) electrons. The standard InChI is InChI=1S/C6H9BrN2S/c1-2-8-3-5-4-9-6(7)10-5/h4,8H,2-3H2,1H3. The van der Waals surface area contributed by atoms with Gasteiger partial charge in [0.25, 0.3) is 0 Å². The Balaban J connectivity index is 2.42. The Morgan fingerprint density at radius 2 is 2.60 bits per heavy atom. The summed E-state index contributed by atoms with van der Waals surface area (Å²) in [5, 5.41) is 3.23. The monoisotopic (exact) mass is 220 g/mol. The van der Waals surface area contributed by atoms with Gasteiger partial charge in [-0.15, -0.1) is 11.3 Å². The fourth-order valence-corrected chi connectivity index (χ4v) is 1.94. The number of nitrogens with one attached hydrogen (secondary N) is 1. The summed E-state index contributed by atoms with van der Waals surface area (Å²) in [4.78, 5) is 5.34. The Bertz CT molecular complexity index is 199. The molecule has 0 aliphatic rings. The third-order valence-corrected chi connectivity index (χ3v) is 2.55. The molecule has 0 saturated heterocycles. The highest BCUT2D eigenvalue weighted by atomic mass is 79.9. The Hall–Kier alpha value is 0.0700. The summed E-state index contributed by atoms with van der Waals surface area (Å²) in [6.45, 7) is 4.03. The summed E-state index contributed by atoms with van der Waals surface area (Å²) >= 11 is 4.97. The molecule has 56 valence electrons. The van der Waals surface area contributed by atoms with Crippen molar-refractivity contribution >= 4 is 27.3 Å².